The molecule has 0 fully saturated rings. The van der Waals surface area contributed by atoms with Gasteiger partial charge in [-0.15, -0.1) is 0 Å². The second-order valence-electron chi connectivity index (χ2n) is 5.56. The SMILES string of the molecule is CCOc1cccc(C(=O)NC(=S)Nc2ccc(OC(C)C)cc2)c1. The van der Waals surface area contributed by atoms with Gasteiger partial charge in [0.2, 0.25) is 0 Å². The zero-order valence-corrected chi connectivity index (χ0v) is 15.4. The van der Waals surface area contributed by atoms with E-state index in [1.807, 2.05) is 45.0 Å². The van der Waals surface area contributed by atoms with Crippen molar-refractivity contribution in [1.29, 1.82) is 0 Å². The minimum Gasteiger partial charge on any atom is -0.494 e. The average molecular weight is 358 g/mol. The first-order chi connectivity index (χ1) is 12.0. The van der Waals surface area contributed by atoms with E-state index in [0.29, 0.717) is 17.9 Å². The third-order valence-electron chi connectivity index (χ3n) is 3.12. The molecule has 0 saturated heterocycles. The van der Waals surface area contributed by atoms with Crippen molar-refractivity contribution in [3.63, 3.8) is 0 Å². The summed E-state index contributed by atoms with van der Waals surface area (Å²) in [4.78, 5) is 12.3. The number of anilines is 1. The highest BCUT2D eigenvalue weighted by atomic mass is 32.1. The molecule has 0 aliphatic rings. The normalized spacial score (nSPS) is 10.2. The van der Waals surface area contributed by atoms with E-state index < -0.39 is 0 Å². The minimum absolute atomic E-state index is 0.117. The predicted molar refractivity (Wildman–Crippen MR) is 104 cm³/mol. The molecular weight excluding hydrogens is 336 g/mol. The van der Waals surface area contributed by atoms with E-state index in [0.717, 1.165) is 11.4 Å². The molecule has 0 aliphatic carbocycles. The molecule has 0 unspecified atom stereocenters. The highest BCUT2D eigenvalue weighted by molar-refractivity contribution is 7.80. The molecule has 0 heterocycles. The molecule has 5 nitrogen and oxygen atoms in total. The number of carbonyl (C=O) groups is 1. The van der Waals surface area contributed by atoms with Gasteiger partial charge in [0, 0.05) is 11.3 Å². The second kappa shape index (κ2) is 9.03. The van der Waals surface area contributed by atoms with Crippen LogP contribution in [0, 0.1) is 0 Å². The molecule has 0 atom stereocenters. The fourth-order valence-corrected chi connectivity index (χ4v) is 2.33. The molecule has 25 heavy (non-hydrogen) atoms. The molecule has 0 saturated carbocycles. The summed E-state index contributed by atoms with van der Waals surface area (Å²) in [5, 5.41) is 5.86. The van der Waals surface area contributed by atoms with Gasteiger partial charge in [-0.25, -0.2) is 0 Å². The predicted octanol–water partition coefficient (Wildman–Crippen LogP) is 4.00. The van der Waals surface area contributed by atoms with Crippen LogP contribution in [0.3, 0.4) is 0 Å². The van der Waals surface area contributed by atoms with Crippen LogP contribution in [0.25, 0.3) is 0 Å². The number of hydrogen-bond acceptors (Lipinski definition) is 4. The van der Waals surface area contributed by atoms with Gasteiger partial charge in [0.25, 0.3) is 5.91 Å². The lowest BCUT2D eigenvalue weighted by Gasteiger charge is -2.12. The van der Waals surface area contributed by atoms with Crippen LogP contribution in [0.4, 0.5) is 5.69 Å². The number of ether oxygens (including phenoxy) is 2. The molecule has 0 spiro atoms. The summed E-state index contributed by atoms with van der Waals surface area (Å²) in [5.41, 5.74) is 1.25. The van der Waals surface area contributed by atoms with Crippen molar-refractivity contribution in [2.45, 2.75) is 26.9 Å². The maximum absolute atomic E-state index is 12.3. The number of amides is 1. The molecule has 0 bridgehead atoms. The zero-order valence-electron chi connectivity index (χ0n) is 14.5. The van der Waals surface area contributed by atoms with Crippen LogP contribution in [0.15, 0.2) is 48.5 Å². The first-order valence-corrected chi connectivity index (χ1v) is 8.50. The van der Waals surface area contributed by atoms with E-state index in [9.17, 15) is 4.79 Å². The van der Waals surface area contributed by atoms with Gasteiger partial charge in [-0.05, 0) is 75.5 Å². The standard InChI is InChI=1S/C19H22N2O3S/c1-4-23-17-7-5-6-14(12-17)18(22)21-19(25)20-15-8-10-16(11-9-15)24-13(2)3/h5-13H,4H2,1-3H3,(H2,20,21,22,25). The van der Waals surface area contributed by atoms with Gasteiger partial charge < -0.3 is 14.8 Å². The summed E-state index contributed by atoms with van der Waals surface area (Å²) in [7, 11) is 0. The lowest BCUT2D eigenvalue weighted by molar-refractivity contribution is 0.0977. The third-order valence-corrected chi connectivity index (χ3v) is 3.32. The Morgan fingerprint density at radius 2 is 1.84 bits per heavy atom. The summed E-state index contributed by atoms with van der Waals surface area (Å²) in [6.07, 6.45) is 0.117. The van der Waals surface area contributed by atoms with Crippen LogP contribution in [0.2, 0.25) is 0 Å². The van der Waals surface area contributed by atoms with Gasteiger partial charge in [0.05, 0.1) is 12.7 Å². The summed E-state index contributed by atoms with van der Waals surface area (Å²) < 4.78 is 11.0. The van der Waals surface area contributed by atoms with Gasteiger partial charge in [-0.1, -0.05) is 6.07 Å². The van der Waals surface area contributed by atoms with Crippen LogP contribution in [0.1, 0.15) is 31.1 Å². The Labute approximate surface area is 153 Å². The van der Waals surface area contributed by atoms with E-state index in [1.165, 1.54) is 0 Å². The van der Waals surface area contributed by atoms with Crippen LogP contribution < -0.4 is 20.1 Å². The number of carbonyl (C=O) groups excluding carboxylic acids is 1. The maximum Gasteiger partial charge on any atom is 0.257 e. The first kappa shape index (κ1) is 18.7. The van der Waals surface area contributed by atoms with Crippen molar-refractivity contribution >= 4 is 28.9 Å². The van der Waals surface area contributed by atoms with Crippen LogP contribution in [-0.2, 0) is 0 Å². The van der Waals surface area contributed by atoms with Gasteiger partial charge in [0.1, 0.15) is 11.5 Å². The molecule has 2 rings (SSSR count). The summed E-state index contributed by atoms with van der Waals surface area (Å²) in [5.74, 6) is 1.14. The Bertz CT molecular complexity index is 730. The van der Waals surface area contributed by atoms with E-state index in [4.69, 9.17) is 21.7 Å². The lowest BCUT2D eigenvalue weighted by atomic mass is 10.2. The Kier molecular flexibility index (Phi) is 6.77. The van der Waals surface area contributed by atoms with Crippen molar-refractivity contribution in [2.24, 2.45) is 0 Å². The molecule has 0 radical (unpaired) electrons. The molecule has 0 aromatic heterocycles. The second-order valence-corrected chi connectivity index (χ2v) is 5.97. The smallest absolute Gasteiger partial charge is 0.257 e. The van der Waals surface area contributed by atoms with E-state index in [1.54, 1.807) is 24.3 Å². The molecule has 2 N–H and O–H groups in total. The summed E-state index contributed by atoms with van der Waals surface area (Å²) >= 11 is 5.19. The fraction of sp³-hybridized carbons (Fsp3) is 0.263. The molecule has 1 amide bonds. The highest BCUT2D eigenvalue weighted by Crippen LogP contribution is 2.17. The largest absolute Gasteiger partial charge is 0.494 e. The Morgan fingerprint density at radius 3 is 2.48 bits per heavy atom. The van der Waals surface area contributed by atoms with Crippen molar-refractivity contribution < 1.29 is 14.3 Å². The maximum atomic E-state index is 12.3. The van der Waals surface area contributed by atoms with E-state index in [-0.39, 0.29) is 17.1 Å². The van der Waals surface area contributed by atoms with Crippen molar-refractivity contribution in [1.82, 2.24) is 5.32 Å². The minimum atomic E-state index is -0.293. The topological polar surface area (TPSA) is 59.6 Å². The number of rotatable bonds is 6. The monoisotopic (exact) mass is 358 g/mol. The van der Waals surface area contributed by atoms with Crippen LogP contribution in [-0.4, -0.2) is 23.7 Å². The molecule has 132 valence electrons. The molecule has 6 heteroatoms. The number of nitrogens with one attached hydrogen (secondary N) is 2. The van der Waals surface area contributed by atoms with Crippen LogP contribution in [0.5, 0.6) is 11.5 Å². The van der Waals surface area contributed by atoms with Gasteiger partial charge in [-0.3, -0.25) is 10.1 Å². The van der Waals surface area contributed by atoms with Gasteiger partial charge in [-0.2, -0.15) is 0 Å². The van der Waals surface area contributed by atoms with Crippen LogP contribution >= 0.6 is 12.2 Å². The van der Waals surface area contributed by atoms with E-state index in [2.05, 4.69) is 10.6 Å². The van der Waals surface area contributed by atoms with Crippen molar-refractivity contribution in [3.8, 4) is 11.5 Å². The van der Waals surface area contributed by atoms with Gasteiger partial charge in [0.15, 0.2) is 5.11 Å². The molecule has 2 aromatic rings. The van der Waals surface area contributed by atoms with Crippen molar-refractivity contribution in [2.75, 3.05) is 11.9 Å². The van der Waals surface area contributed by atoms with Crippen molar-refractivity contribution in [3.05, 3.63) is 54.1 Å². The fourth-order valence-electron chi connectivity index (χ4n) is 2.12. The molecule has 2 aromatic carbocycles. The molecule has 0 aliphatic heterocycles. The first-order valence-electron chi connectivity index (χ1n) is 8.10. The summed E-state index contributed by atoms with van der Waals surface area (Å²) in [6, 6.07) is 14.3. The third kappa shape index (κ3) is 6.08. The van der Waals surface area contributed by atoms with E-state index >= 15 is 0 Å². The Balaban J connectivity index is 1.93. The Morgan fingerprint density at radius 1 is 1.12 bits per heavy atom. The lowest BCUT2D eigenvalue weighted by Crippen LogP contribution is -2.34. The zero-order chi connectivity index (χ0) is 18.2. The average Bonchev–Trinajstić information content (AvgIpc) is 2.56. The quantitative estimate of drug-likeness (QED) is 0.765. The van der Waals surface area contributed by atoms with Gasteiger partial charge >= 0.3 is 0 Å². The number of hydrogen-bond donors (Lipinski definition) is 2. The summed E-state index contributed by atoms with van der Waals surface area (Å²) in [6.45, 7) is 6.37. The molecular formula is C19H22N2O3S. The number of benzene rings is 2. The number of thiocarbonyl (C=S) groups is 1. The highest BCUT2D eigenvalue weighted by Gasteiger charge is 2.09. The Hall–Kier alpha value is -2.60.